The van der Waals surface area contributed by atoms with Gasteiger partial charge in [0.1, 0.15) is 11.9 Å². The summed E-state index contributed by atoms with van der Waals surface area (Å²) in [7, 11) is 0. The molecular formula is C9H8ClF4N. The Morgan fingerprint density at radius 1 is 1.33 bits per heavy atom. The first kappa shape index (κ1) is 12.3. The summed E-state index contributed by atoms with van der Waals surface area (Å²) >= 11 is 5.41. The van der Waals surface area contributed by atoms with Crippen molar-refractivity contribution < 1.29 is 17.6 Å². The van der Waals surface area contributed by atoms with E-state index in [-0.39, 0.29) is 10.6 Å². The molecule has 0 spiro atoms. The van der Waals surface area contributed by atoms with Crippen molar-refractivity contribution in [2.24, 2.45) is 5.73 Å². The lowest BCUT2D eigenvalue weighted by atomic mass is 10.1. The molecule has 1 nitrogen and oxygen atoms in total. The first-order chi connectivity index (χ1) is 6.82. The number of benzene rings is 1. The van der Waals surface area contributed by atoms with Gasteiger partial charge in [0.2, 0.25) is 0 Å². The zero-order valence-electron chi connectivity index (χ0n) is 7.48. The van der Waals surface area contributed by atoms with Crippen LogP contribution >= 0.6 is 11.6 Å². The molecule has 84 valence electrons. The zero-order chi connectivity index (χ0) is 11.6. The standard InChI is InChI=1S/C9H8ClF4N/c10-6-3-1-2-5(8(6)11)4-7(15)9(12,13)14/h1-3,7H,4,15H2. The van der Waals surface area contributed by atoms with Crippen molar-refractivity contribution in [2.75, 3.05) is 0 Å². The van der Waals surface area contributed by atoms with E-state index < -0.39 is 24.5 Å². The minimum absolute atomic E-state index is 0.132. The summed E-state index contributed by atoms with van der Waals surface area (Å²) in [5, 5.41) is -0.207. The second-order valence-electron chi connectivity index (χ2n) is 3.07. The van der Waals surface area contributed by atoms with Crippen molar-refractivity contribution in [1.82, 2.24) is 0 Å². The molecular weight excluding hydrogens is 234 g/mol. The van der Waals surface area contributed by atoms with Crippen LogP contribution < -0.4 is 5.73 Å². The largest absolute Gasteiger partial charge is 0.403 e. The van der Waals surface area contributed by atoms with Crippen LogP contribution in [0.2, 0.25) is 5.02 Å². The van der Waals surface area contributed by atoms with Crippen molar-refractivity contribution in [3.05, 3.63) is 34.6 Å². The third kappa shape index (κ3) is 3.07. The van der Waals surface area contributed by atoms with Gasteiger partial charge in [-0.05, 0) is 18.1 Å². The van der Waals surface area contributed by atoms with Gasteiger partial charge in [-0.25, -0.2) is 4.39 Å². The molecule has 0 fully saturated rings. The van der Waals surface area contributed by atoms with E-state index in [9.17, 15) is 17.6 Å². The number of nitrogens with two attached hydrogens (primary N) is 1. The molecule has 0 radical (unpaired) electrons. The molecule has 0 aliphatic heterocycles. The quantitative estimate of drug-likeness (QED) is 0.792. The first-order valence-corrected chi connectivity index (χ1v) is 4.45. The van der Waals surface area contributed by atoms with Crippen LogP contribution in [0.25, 0.3) is 0 Å². The lowest BCUT2D eigenvalue weighted by Crippen LogP contribution is -2.39. The summed E-state index contributed by atoms with van der Waals surface area (Å²) in [5.41, 5.74) is 4.73. The van der Waals surface area contributed by atoms with E-state index in [1.54, 1.807) is 0 Å². The highest BCUT2D eigenvalue weighted by Crippen LogP contribution is 2.24. The molecule has 2 N–H and O–H groups in total. The number of alkyl halides is 3. The van der Waals surface area contributed by atoms with Crippen molar-refractivity contribution in [3.8, 4) is 0 Å². The Balaban J connectivity index is 2.86. The molecule has 0 saturated carbocycles. The fourth-order valence-corrected chi connectivity index (χ4v) is 1.25. The van der Waals surface area contributed by atoms with Crippen LogP contribution in [0, 0.1) is 5.82 Å². The van der Waals surface area contributed by atoms with Gasteiger partial charge in [0, 0.05) is 0 Å². The Hall–Kier alpha value is -0.810. The topological polar surface area (TPSA) is 26.0 Å². The minimum atomic E-state index is -4.53. The van der Waals surface area contributed by atoms with Crippen LogP contribution in [0.3, 0.4) is 0 Å². The molecule has 15 heavy (non-hydrogen) atoms. The Morgan fingerprint density at radius 3 is 2.47 bits per heavy atom. The summed E-state index contributed by atoms with van der Waals surface area (Å²) < 4.78 is 49.5. The summed E-state index contributed by atoms with van der Waals surface area (Å²) in [6.45, 7) is 0. The second-order valence-corrected chi connectivity index (χ2v) is 3.47. The molecule has 1 rings (SSSR count). The number of hydrogen-bond acceptors (Lipinski definition) is 1. The van der Waals surface area contributed by atoms with Gasteiger partial charge >= 0.3 is 6.18 Å². The van der Waals surface area contributed by atoms with Gasteiger partial charge in [-0.15, -0.1) is 0 Å². The SMILES string of the molecule is NC(Cc1cccc(Cl)c1F)C(F)(F)F. The summed E-state index contributed by atoms with van der Waals surface area (Å²) in [4.78, 5) is 0. The Bertz CT molecular complexity index is 350. The molecule has 6 heteroatoms. The van der Waals surface area contributed by atoms with Crippen LogP contribution in [0.5, 0.6) is 0 Å². The van der Waals surface area contributed by atoms with Crippen LogP contribution in [0.1, 0.15) is 5.56 Å². The van der Waals surface area contributed by atoms with Gasteiger partial charge in [0.25, 0.3) is 0 Å². The van der Waals surface area contributed by atoms with E-state index >= 15 is 0 Å². The summed E-state index contributed by atoms with van der Waals surface area (Å²) in [6, 6.07) is 1.79. The average Bonchev–Trinajstić information content (AvgIpc) is 2.11. The summed E-state index contributed by atoms with van der Waals surface area (Å²) in [6.07, 6.45) is -5.15. The molecule has 0 heterocycles. The molecule has 0 bridgehead atoms. The van der Waals surface area contributed by atoms with Crippen molar-refractivity contribution in [1.29, 1.82) is 0 Å². The highest BCUT2D eigenvalue weighted by atomic mass is 35.5. The van der Waals surface area contributed by atoms with Gasteiger partial charge in [-0.2, -0.15) is 13.2 Å². The highest BCUT2D eigenvalue weighted by Gasteiger charge is 2.37. The van der Waals surface area contributed by atoms with Crippen molar-refractivity contribution in [3.63, 3.8) is 0 Å². The molecule has 0 saturated heterocycles. The maximum Gasteiger partial charge on any atom is 0.403 e. The molecule has 1 atom stereocenters. The third-order valence-electron chi connectivity index (χ3n) is 1.89. The molecule has 0 aromatic heterocycles. The van der Waals surface area contributed by atoms with Gasteiger partial charge < -0.3 is 5.73 Å². The van der Waals surface area contributed by atoms with E-state index in [1.807, 2.05) is 0 Å². The molecule has 1 aromatic carbocycles. The predicted molar refractivity (Wildman–Crippen MR) is 49.1 cm³/mol. The Morgan fingerprint density at radius 2 is 1.93 bits per heavy atom. The predicted octanol–water partition coefficient (Wildman–Crippen LogP) is 2.91. The maximum atomic E-state index is 13.2. The smallest absolute Gasteiger partial charge is 0.320 e. The molecule has 0 amide bonds. The zero-order valence-corrected chi connectivity index (χ0v) is 8.24. The number of halogens is 5. The van der Waals surface area contributed by atoms with Crippen molar-refractivity contribution >= 4 is 11.6 Å². The van der Waals surface area contributed by atoms with E-state index in [2.05, 4.69) is 0 Å². The fraction of sp³-hybridized carbons (Fsp3) is 0.333. The monoisotopic (exact) mass is 241 g/mol. The Kier molecular flexibility index (Phi) is 3.57. The number of hydrogen-bond donors (Lipinski definition) is 1. The van der Waals surface area contributed by atoms with E-state index in [0.29, 0.717) is 0 Å². The average molecular weight is 242 g/mol. The highest BCUT2D eigenvalue weighted by molar-refractivity contribution is 6.30. The van der Waals surface area contributed by atoms with Gasteiger partial charge in [0.05, 0.1) is 5.02 Å². The fourth-order valence-electron chi connectivity index (χ4n) is 1.06. The van der Waals surface area contributed by atoms with Crippen LogP contribution in [0.4, 0.5) is 17.6 Å². The first-order valence-electron chi connectivity index (χ1n) is 4.07. The van der Waals surface area contributed by atoms with Crippen LogP contribution in [-0.2, 0) is 6.42 Å². The molecule has 0 aliphatic carbocycles. The van der Waals surface area contributed by atoms with E-state index in [1.165, 1.54) is 18.2 Å². The molecule has 0 aliphatic rings. The van der Waals surface area contributed by atoms with Crippen molar-refractivity contribution in [2.45, 2.75) is 18.6 Å². The lowest BCUT2D eigenvalue weighted by molar-refractivity contribution is -0.147. The maximum absolute atomic E-state index is 13.2. The molecule has 1 aromatic rings. The summed E-state index contributed by atoms with van der Waals surface area (Å²) in [5.74, 6) is -0.848. The lowest BCUT2D eigenvalue weighted by Gasteiger charge is -2.15. The Labute approximate surface area is 88.8 Å². The van der Waals surface area contributed by atoms with Gasteiger partial charge in [-0.1, -0.05) is 23.7 Å². The van der Waals surface area contributed by atoms with Gasteiger partial charge in [0.15, 0.2) is 0 Å². The molecule has 1 unspecified atom stereocenters. The van der Waals surface area contributed by atoms with Crippen LogP contribution in [-0.4, -0.2) is 12.2 Å². The van der Waals surface area contributed by atoms with E-state index in [0.717, 1.165) is 0 Å². The number of rotatable bonds is 2. The van der Waals surface area contributed by atoms with E-state index in [4.69, 9.17) is 17.3 Å². The normalized spacial score (nSPS) is 14.0. The second kappa shape index (κ2) is 4.37. The van der Waals surface area contributed by atoms with Crippen LogP contribution in [0.15, 0.2) is 18.2 Å². The third-order valence-corrected chi connectivity index (χ3v) is 2.18. The minimum Gasteiger partial charge on any atom is -0.320 e. The van der Waals surface area contributed by atoms with Gasteiger partial charge in [-0.3, -0.25) is 0 Å².